The van der Waals surface area contributed by atoms with E-state index in [4.69, 9.17) is 9.47 Å². The third-order valence-corrected chi connectivity index (χ3v) is 12.1. The summed E-state index contributed by atoms with van der Waals surface area (Å²) in [5, 5.41) is 0. The summed E-state index contributed by atoms with van der Waals surface area (Å²) < 4.78 is 11.7. The van der Waals surface area contributed by atoms with Gasteiger partial charge >= 0.3 is 11.9 Å². The van der Waals surface area contributed by atoms with Crippen molar-refractivity contribution >= 4 is 11.9 Å². The Morgan fingerprint density at radius 3 is 2.45 bits per heavy atom. The highest BCUT2D eigenvalue weighted by Gasteiger charge is 2.62. The second-order valence-electron chi connectivity index (χ2n) is 14.8. The van der Waals surface area contributed by atoms with E-state index in [9.17, 15) is 9.59 Å². The van der Waals surface area contributed by atoms with Crippen LogP contribution in [0.3, 0.4) is 0 Å². The van der Waals surface area contributed by atoms with Crippen molar-refractivity contribution in [2.75, 3.05) is 6.61 Å². The standard InChI is InChI=1S/C38H54O4/c1-7-41-34(39)25-38-23-20-31(27(4)13-11-12-26(2)3)37(38,6)22-19-32-33(38)17-16-29-24-30(18-21-36(29,32)5)42-35(40)28-14-9-8-10-15-28/h8-10,14-15,20,23,26-27,29-31H,7,11-13,16-19,21-22,24-25H2,1-6H3/t27-,29+,30+,31-,36+,37-,38-/m1/s1. The Morgan fingerprint density at radius 2 is 1.74 bits per heavy atom. The number of allylic oxidation sites excluding steroid dienone is 4. The van der Waals surface area contributed by atoms with Gasteiger partial charge in [-0.1, -0.05) is 95.4 Å². The van der Waals surface area contributed by atoms with Crippen LogP contribution < -0.4 is 0 Å². The smallest absolute Gasteiger partial charge is 0.338 e. The van der Waals surface area contributed by atoms with E-state index in [1.165, 1.54) is 19.3 Å². The van der Waals surface area contributed by atoms with Crippen LogP contribution in [0.2, 0.25) is 0 Å². The lowest BCUT2D eigenvalue weighted by molar-refractivity contribution is -0.147. The van der Waals surface area contributed by atoms with E-state index in [-0.39, 0.29) is 34.3 Å². The van der Waals surface area contributed by atoms with E-state index in [0.717, 1.165) is 50.9 Å². The molecule has 0 aliphatic heterocycles. The van der Waals surface area contributed by atoms with Crippen molar-refractivity contribution in [1.82, 2.24) is 0 Å². The molecule has 5 rings (SSSR count). The van der Waals surface area contributed by atoms with Crippen LogP contribution in [0.5, 0.6) is 0 Å². The maximum atomic E-state index is 13.3. The predicted octanol–water partition coefficient (Wildman–Crippen LogP) is 9.50. The molecule has 0 radical (unpaired) electrons. The zero-order valence-electron chi connectivity index (χ0n) is 27.0. The number of hydrogen-bond donors (Lipinski definition) is 0. The van der Waals surface area contributed by atoms with Crippen LogP contribution in [0.15, 0.2) is 53.6 Å². The fourth-order valence-corrected chi connectivity index (χ4v) is 9.68. The van der Waals surface area contributed by atoms with Crippen molar-refractivity contribution in [3.63, 3.8) is 0 Å². The molecular formula is C38H54O4. The van der Waals surface area contributed by atoms with E-state index in [1.54, 1.807) is 11.1 Å². The minimum absolute atomic E-state index is 0.0253. The number of ether oxygens (including phenoxy) is 2. The van der Waals surface area contributed by atoms with Gasteiger partial charge in [0.05, 0.1) is 18.6 Å². The second kappa shape index (κ2) is 12.3. The highest BCUT2D eigenvalue weighted by molar-refractivity contribution is 5.89. The van der Waals surface area contributed by atoms with Crippen LogP contribution in [-0.4, -0.2) is 24.6 Å². The predicted molar refractivity (Wildman–Crippen MR) is 169 cm³/mol. The minimum atomic E-state index is -0.256. The number of benzene rings is 1. The van der Waals surface area contributed by atoms with Gasteiger partial charge in [-0.3, -0.25) is 4.79 Å². The molecule has 1 aromatic carbocycles. The average molecular weight is 575 g/mol. The van der Waals surface area contributed by atoms with Crippen molar-refractivity contribution in [3.05, 3.63) is 59.2 Å². The third-order valence-electron chi connectivity index (χ3n) is 12.1. The third kappa shape index (κ3) is 5.52. The summed E-state index contributed by atoms with van der Waals surface area (Å²) in [4.78, 5) is 26.1. The summed E-state index contributed by atoms with van der Waals surface area (Å²) in [7, 11) is 0. The van der Waals surface area contributed by atoms with Crippen LogP contribution in [0.25, 0.3) is 0 Å². The molecule has 0 heterocycles. The molecule has 4 aliphatic rings. The minimum Gasteiger partial charge on any atom is -0.466 e. The van der Waals surface area contributed by atoms with Gasteiger partial charge in [-0.15, -0.1) is 0 Å². The molecule has 42 heavy (non-hydrogen) atoms. The Labute approximate surface area is 254 Å². The number of hydrogen-bond acceptors (Lipinski definition) is 4. The number of esters is 2. The molecule has 4 heteroatoms. The molecule has 1 saturated carbocycles. The van der Waals surface area contributed by atoms with Crippen LogP contribution in [0.1, 0.15) is 123 Å². The molecule has 230 valence electrons. The van der Waals surface area contributed by atoms with Gasteiger partial charge in [-0.2, -0.15) is 0 Å². The lowest BCUT2D eigenvalue weighted by atomic mass is 9.45. The first-order valence-electron chi connectivity index (χ1n) is 16.9. The van der Waals surface area contributed by atoms with Gasteiger partial charge in [-0.25, -0.2) is 4.79 Å². The van der Waals surface area contributed by atoms with Crippen molar-refractivity contribution in [3.8, 4) is 0 Å². The molecule has 7 atom stereocenters. The molecule has 0 unspecified atom stereocenters. The van der Waals surface area contributed by atoms with Crippen LogP contribution in [0, 0.1) is 39.9 Å². The molecular weight excluding hydrogens is 520 g/mol. The molecule has 1 fully saturated rings. The molecule has 4 aliphatic carbocycles. The zero-order chi connectivity index (χ0) is 30.1. The Balaban J connectivity index is 1.41. The first-order valence-corrected chi connectivity index (χ1v) is 16.9. The van der Waals surface area contributed by atoms with Gasteiger partial charge < -0.3 is 9.47 Å². The van der Waals surface area contributed by atoms with Gasteiger partial charge in [0.1, 0.15) is 6.10 Å². The van der Waals surface area contributed by atoms with Gasteiger partial charge in [-0.05, 0) is 98.5 Å². The summed E-state index contributed by atoms with van der Waals surface area (Å²) in [6, 6.07) is 9.38. The molecule has 4 nitrogen and oxygen atoms in total. The number of carbonyl (C=O) groups excluding carboxylic acids is 2. The van der Waals surface area contributed by atoms with E-state index in [0.29, 0.717) is 36.3 Å². The van der Waals surface area contributed by atoms with Gasteiger partial charge in [0, 0.05) is 5.41 Å². The van der Waals surface area contributed by atoms with Crippen molar-refractivity contribution in [1.29, 1.82) is 0 Å². The fraction of sp³-hybridized carbons (Fsp3) is 0.684. The highest BCUT2D eigenvalue weighted by atomic mass is 16.5. The summed E-state index contributed by atoms with van der Waals surface area (Å²) in [5.74, 6) is 2.05. The molecule has 0 saturated heterocycles. The quantitative estimate of drug-likeness (QED) is 0.206. The summed E-state index contributed by atoms with van der Waals surface area (Å²) in [5.41, 5.74) is 3.67. The van der Waals surface area contributed by atoms with Gasteiger partial charge in [0.15, 0.2) is 0 Å². The monoisotopic (exact) mass is 574 g/mol. The van der Waals surface area contributed by atoms with Gasteiger partial charge in [0.25, 0.3) is 0 Å². The van der Waals surface area contributed by atoms with Crippen LogP contribution in [-0.2, 0) is 14.3 Å². The summed E-state index contributed by atoms with van der Waals surface area (Å²) >= 11 is 0. The Morgan fingerprint density at radius 1 is 0.976 bits per heavy atom. The van der Waals surface area contributed by atoms with Crippen LogP contribution >= 0.6 is 0 Å². The van der Waals surface area contributed by atoms with Crippen molar-refractivity contribution < 1.29 is 19.1 Å². The fourth-order valence-electron chi connectivity index (χ4n) is 9.68. The van der Waals surface area contributed by atoms with Crippen LogP contribution in [0.4, 0.5) is 0 Å². The molecule has 0 amide bonds. The van der Waals surface area contributed by atoms with E-state index < -0.39 is 0 Å². The van der Waals surface area contributed by atoms with Crippen molar-refractivity contribution in [2.45, 2.75) is 118 Å². The van der Waals surface area contributed by atoms with E-state index in [2.05, 4.69) is 46.8 Å². The maximum Gasteiger partial charge on any atom is 0.338 e. The molecule has 1 aromatic rings. The lowest BCUT2D eigenvalue weighted by Crippen LogP contribution is -2.51. The largest absolute Gasteiger partial charge is 0.466 e. The maximum absolute atomic E-state index is 13.3. The average Bonchev–Trinajstić information content (AvgIpc) is 3.26. The highest BCUT2D eigenvalue weighted by Crippen LogP contribution is 2.70. The Hall–Kier alpha value is -2.36. The number of rotatable bonds is 10. The lowest BCUT2D eigenvalue weighted by Gasteiger charge is -2.59. The normalized spacial score (nSPS) is 34.4. The topological polar surface area (TPSA) is 52.6 Å². The van der Waals surface area contributed by atoms with Gasteiger partial charge in [0.2, 0.25) is 0 Å². The van der Waals surface area contributed by atoms with Crippen molar-refractivity contribution in [2.24, 2.45) is 39.9 Å². The zero-order valence-corrected chi connectivity index (χ0v) is 27.0. The summed E-state index contributed by atoms with van der Waals surface area (Å²) in [6.45, 7) is 14.4. The Kier molecular flexibility index (Phi) is 9.12. The molecule has 0 N–H and O–H groups in total. The SMILES string of the molecule is CCOC(=O)C[C@@]12C=C[C@H]([C@H](C)CCCC(C)C)[C@@]1(C)CCC1=C2CC[C@H]2C[C@@H](OC(=O)c3ccccc3)CC[C@]12C. The first kappa shape index (κ1) is 31.1. The summed E-state index contributed by atoms with van der Waals surface area (Å²) in [6.07, 6.45) is 16.4. The Bertz CT molecular complexity index is 1200. The first-order chi connectivity index (χ1) is 20.0. The molecule has 0 aromatic heterocycles. The van der Waals surface area contributed by atoms with E-state index >= 15 is 0 Å². The molecule has 0 bridgehead atoms. The van der Waals surface area contributed by atoms with E-state index in [1.807, 2.05) is 37.3 Å². The molecule has 0 spiro atoms. The number of carbonyl (C=O) groups is 2. The number of fused-ring (bicyclic) bond motifs is 4. The second-order valence-corrected chi connectivity index (χ2v) is 14.8.